The van der Waals surface area contributed by atoms with Gasteiger partial charge < -0.3 is 15.4 Å². The lowest BCUT2D eigenvalue weighted by Crippen LogP contribution is -2.19. The molecule has 0 bridgehead atoms. The Labute approximate surface area is 162 Å². The van der Waals surface area contributed by atoms with Crippen molar-refractivity contribution in [3.63, 3.8) is 0 Å². The Hall–Kier alpha value is -3.87. The maximum absolute atomic E-state index is 12.0. The lowest BCUT2D eigenvalue weighted by atomic mass is 10.1. The van der Waals surface area contributed by atoms with Gasteiger partial charge in [0.25, 0.3) is 0 Å². The van der Waals surface area contributed by atoms with E-state index in [0.717, 1.165) is 0 Å². The Kier molecular flexibility index (Phi) is 6.20. The van der Waals surface area contributed by atoms with Crippen LogP contribution in [0.5, 0.6) is 0 Å². The first-order valence-corrected chi connectivity index (χ1v) is 8.78. The number of anilines is 4. The molecule has 1 aromatic heterocycles. The van der Waals surface area contributed by atoms with Crippen molar-refractivity contribution in [2.24, 2.45) is 0 Å². The molecule has 7 heteroatoms. The van der Waals surface area contributed by atoms with Gasteiger partial charge in [-0.15, -0.1) is 0 Å². The zero-order valence-electron chi connectivity index (χ0n) is 15.3. The van der Waals surface area contributed by atoms with Gasteiger partial charge in [-0.3, -0.25) is 5.32 Å². The van der Waals surface area contributed by atoms with Crippen LogP contribution in [0.2, 0.25) is 0 Å². The molecule has 3 aromatic rings. The van der Waals surface area contributed by atoms with Crippen LogP contribution in [0.25, 0.3) is 0 Å². The number of nitrogens with one attached hydrogen (secondary N) is 3. The van der Waals surface area contributed by atoms with Gasteiger partial charge in [0.2, 0.25) is 0 Å². The van der Waals surface area contributed by atoms with E-state index in [-0.39, 0.29) is 6.03 Å². The first-order valence-electron chi connectivity index (χ1n) is 8.78. The van der Waals surface area contributed by atoms with Crippen LogP contribution in [-0.4, -0.2) is 23.6 Å². The van der Waals surface area contributed by atoms with Gasteiger partial charge >= 0.3 is 12.0 Å². The number of ether oxygens (including phenoxy) is 1. The Bertz CT molecular complexity index is 943. The Balaban J connectivity index is 1.64. The quantitative estimate of drug-likeness (QED) is 0.545. The minimum absolute atomic E-state index is 0.306. The molecule has 0 aliphatic carbocycles. The van der Waals surface area contributed by atoms with E-state index in [4.69, 9.17) is 4.74 Å². The molecular weight excluding hydrogens is 356 g/mol. The molecule has 2 aromatic carbocycles. The van der Waals surface area contributed by atoms with Crippen LogP contribution in [0.3, 0.4) is 0 Å². The van der Waals surface area contributed by atoms with Crippen molar-refractivity contribution < 1.29 is 14.3 Å². The number of carbonyl (C=O) groups excluding carboxylic acids is 2. The number of hydrogen-bond donors (Lipinski definition) is 3. The monoisotopic (exact) mass is 376 g/mol. The molecular formula is C21H20N4O3. The van der Waals surface area contributed by atoms with Crippen molar-refractivity contribution in [1.29, 1.82) is 0 Å². The molecule has 0 aliphatic rings. The van der Waals surface area contributed by atoms with Crippen molar-refractivity contribution in [3.05, 3.63) is 78.5 Å². The van der Waals surface area contributed by atoms with Crippen molar-refractivity contribution in [2.45, 2.75) is 6.92 Å². The molecule has 1 heterocycles. The Morgan fingerprint density at radius 2 is 1.64 bits per heavy atom. The van der Waals surface area contributed by atoms with E-state index >= 15 is 0 Å². The van der Waals surface area contributed by atoms with Crippen LogP contribution >= 0.6 is 0 Å². The van der Waals surface area contributed by atoms with Crippen LogP contribution in [0.4, 0.5) is 27.7 Å². The minimum atomic E-state index is -0.394. The highest BCUT2D eigenvalue weighted by atomic mass is 16.5. The summed E-state index contributed by atoms with van der Waals surface area (Å²) < 4.78 is 5.07. The van der Waals surface area contributed by atoms with Crippen LogP contribution in [0.15, 0.2) is 72.9 Å². The average Bonchev–Trinajstić information content (AvgIpc) is 2.71. The predicted octanol–water partition coefficient (Wildman–Crippen LogP) is 4.65. The number of benzene rings is 2. The number of para-hydroxylation sites is 2. The highest BCUT2D eigenvalue weighted by molar-refractivity contribution is 5.99. The SMILES string of the molecule is CCOC(=O)c1ccccc1Nc1ccc(NC(=O)Nc2ccccc2)nc1. The fraction of sp³-hybridized carbons (Fsp3) is 0.0952. The van der Waals surface area contributed by atoms with E-state index in [1.807, 2.05) is 24.3 Å². The van der Waals surface area contributed by atoms with Crippen molar-refractivity contribution in [3.8, 4) is 0 Å². The third-order valence-electron chi connectivity index (χ3n) is 3.74. The summed E-state index contributed by atoms with van der Waals surface area (Å²) in [4.78, 5) is 28.3. The molecule has 0 fully saturated rings. The van der Waals surface area contributed by atoms with Crippen molar-refractivity contribution >= 4 is 34.9 Å². The number of urea groups is 1. The highest BCUT2D eigenvalue weighted by Crippen LogP contribution is 2.22. The number of hydrogen-bond acceptors (Lipinski definition) is 5. The molecule has 3 N–H and O–H groups in total. The zero-order valence-corrected chi connectivity index (χ0v) is 15.3. The van der Waals surface area contributed by atoms with Crippen LogP contribution in [-0.2, 0) is 4.74 Å². The standard InChI is InChI=1S/C21H20N4O3/c1-2-28-20(26)17-10-6-7-11-18(17)23-16-12-13-19(22-14-16)25-21(27)24-15-8-4-3-5-9-15/h3-14,23H,2H2,1H3,(H2,22,24,25,27). The molecule has 28 heavy (non-hydrogen) atoms. The van der Waals surface area contributed by atoms with E-state index in [0.29, 0.717) is 35.1 Å². The molecule has 0 spiro atoms. The summed E-state index contributed by atoms with van der Waals surface area (Å²) in [6.07, 6.45) is 1.57. The average molecular weight is 376 g/mol. The van der Waals surface area contributed by atoms with E-state index in [1.165, 1.54) is 0 Å². The van der Waals surface area contributed by atoms with Gasteiger partial charge in [-0.1, -0.05) is 30.3 Å². The summed E-state index contributed by atoms with van der Waals surface area (Å²) in [7, 11) is 0. The lowest BCUT2D eigenvalue weighted by Gasteiger charge is -2.12. The summed E-state index contributed by atoms with van der Waals surface area (Å²) >= 11 is 0. The smallest absolute Gasteiger partial charge is 0.340 e. The number of esters is 1. The predicted molar refractivity (Wildman–Crippen MR) is 109 cm³/mol. The van der Waals surface area contributed by atoms with Crippen LogP contribution in [0, 0.1) is 0 Å². The summed E-state index contributed by atoms with van der Waals surface area (Å²) in [5, 5.41) is 8.52. The molecule has 0 saturated heterocycles. The largest absolute Gasteiger partial charge is 0.462 e. The van der Waals surface area contributed by atoms with Crippen molar-refractivity contribution in [2.75, 3.05) is 22.6 Å². The van der Waals surface area contributed by atoms with Gasteiger partial charge in [0.05, 0.1) is 29.7 Å². The summed E-state index contributed by atoms with van der Waals surface area (Å²) in [5.74, 6) is 0.00656. The molecule has 0 aliphatic heterocycles. The third kappa shape index (κ3) is 5.07. The Morgan fingerprint density at radius 1 is 0.893 bits per heavy atom. The second-order valence-electron chi connectivity index (χ2n) is 5.77. The third-order valence-corrected chi connectivity index (χ3v) is 3.74. The molecule has 0 saturated carbocycles. The first-order chi connectivity index (χ1) is 13.7. The number of rotatable bonds is 6. The Morgan fingerprint density at radius 3 is 2.36 bits per heavy atom. The molecule has 7 nitrogen and oxygen atoms in total. The fourth-order valence-corrected chi connectivity index (χ4v) is 2.48. The van der Waals surface area contributed by atoms with Gasteiger partial charge in [-0.25, -0.2) is 14.6 Å². The number of aromatic nitrogens is 1. The second-order valence-corrected chi connectivity index (χ2v) is 5.77. The van der Waals surface area contributed by atoms with E-state index in [9.17, 15) is 9.59 Å². The molecule has 3 rings (SSSR count). The number of pyridine rings is 1. The van der Waals surface area contributed by atoms with Gasteiger partial charge in [0, 0.05) is 5.69 Å². The van der Waals surface area contributed by atoms with Crippen LogP contribution < -0.4 is 16.0 Å². The topological polar surface area (TPSA) is 92.4 Å². The van der Waals surface area contributed by atoms with E-state index in [2.05, 4.69) is 20.9 Å². The van der Waals surface area contributed by atoms with E-state index in [1.54, 1.807) is 55.6 Å². The zero-order chi connectivity index (χ0) is 19.8. The molecule has 142 valence electrons. The summed E-state index contributed by atoms with van der Waals surface area (Å²) in [5.41, 5.74) is 2.42. The minimum Gasteiger partial charge on any atom is -0.462 e. The van der Waals surface area contributed by atoms with Gasteiger partial charge in [0.15, 0.2) is 0 Å². The molecule has 0 unspecified atom stereocenters. The van der Waals surface area contributed by atoms with E-state index < -0.39 is 5.97 Å². The highest BCUT2D eigenvalue weighted by Gasteiger charge is 2.12. The van der Waals surface area contributed by atoms with Gasteiger partial charge in [-0.05, 0) is 43.3 Å². The summed E-state index contributed by atoms with van der Waals surface area (Å²) in [6, 6.07) is 19.2. The van der Waals surface area contributed by atoms with Crippen molar-refractivity contribution in [1.82, 2.24) is 4.98 Å². The molecule has 0 atom stereocenters. The molecule has 2 amide bonds. The summed E-state index contributed by atoms with van der Waals surface area (Å²) in [6.45, 7) is 2.07. The lowest BCUT2D eigenvalue weighted by molar-refractivity contribution is 0.0527. The maximum atomic E-state index is 12.0. The normalized spacial score (nSPS) is 10.0. The van der Waals surface area contributed by atoms with Gasteiger partial charge in [-0.2, -0.15) is 0 Å². The fourth-order valence-electron chi connectivity index (χ4n) is 2.48. The van der Waals surface area contributed by atoms with Crippen LogP contribution in [0.1, 0.15) is 17.3 Å². The first kappa shape index (κ1) is 18.9. The van der Waals surface area contributed by atoms with Gasteiger partial charge in [0.1, 0.15) is 5.82 Å². The second kappa shape index (κ2) is 9.18. The maximum Gasteiger partial charge on any atom is 0.340 e. The number of nitrogens with zero attached hydrogens (tertiary/aromatic N) is 1. The molecule has 0 radical (unpaired) electrons. The number of carbonyl (C=O) groups is 2. The number of amides is 2.